The van der Waals surface area contributed by atoms with Crippen molar-refractivity contribution in [3.63, 3.8) is 0 Å². The van der Waals surface area contributed by atoms with E-state index in [2.05, 4.69) is 40.0 Å². The molecular weight excluding hydrogens is 764 g/mol. The standard InChI is InChI=1S/C43H47BrN4O7/c1-3-46(4-2)30-19-21-31(22-20-30)47-23-13-7-12-18-35(50)54-27-34(29-16-10-6-11-17-29)45-40(51)36-37-41(52)48(32(26-49)24-28-14-8-5-9-15-28)39(42(47)53)43(37)25-33(44)38(36)55-43/h5-11,13-17,19-22,25,32,34,36-39,49H,3-4,12,18,23-24,26-27H2,1-2H3,(H,45,51)/b13-7-/t32-,34-,36-,37+,38-,39-,43+/m1/s1. The fraction of sp³-hybridized carbons (Fsp3) is 0.395. The molecule has 3 aromatic rings. The molecule has 3 aromatic carbocycles. The molecule has 1 spiro atoms. The molecule has 4 aliphatic rings. The molecule has 2 fully saturated rings. The highest BCUT2D eigenvalue weighted by Crippen LogP contribution is 2.59. The molecular formula is C43H47BrN4O7. The van der Waals surface area contributed by atoms with Gasteiger partial charge >= 0.3 is 5.97 Å². The van der Waals surface area contributed by atoms with E-state index >= 15 is 9.59 Å². The highest BCUT2D eigenvalue weighted by Gasteiger charge is 2.75. The molecule has 0 saturated carbocycles. The molecule has 0 unspecified atom stereocenters. The number of cyclic esters (lactones) is 1. The second kappa shape index (κ2) is 16.5. The van der Waals surface area contributed by atoms with Gasteiger partial charge in [0.15, 0.2) is 0 Å². The molecule has 5 bridgehead atoms. The zero-order chi connectivity index (χ0) is 38.7. The van der Waals surface area contributed by atoms with Crippen LogP contribution in [0.3, 0.4) is 0 Å². The average Bonchev–Trinajstić information content (AvgIpc) is 3.81. The number of benzene rings is 3. The topological polar surface area (TPSA) is 129 Å². The Balaban J connectivity index is 1.35. The second-order valence-corrected chi connectivity index (χ2v) is 15.3. The molecule has 0 aromatic heterocycles. The number of anilines is 2. The number of ether oxygens (including phenoxy) is 2. The van der Waals surface area contributed by atoms with E-state index in [-0.39, 0.29) is 26.0 Å². The molecule has 7 atom stereocenters. The summed E-state index contributed by atoms with van der Waals surface area (Å²) in [5, 5.41) is 14.1. The number of carbonyl (C=O) groups is 4. The normalized spacial score (nSPS) is 28.0. The van der Waals surface area contributed by atoms with Crippen LogP contribution in [0.15, 0.2) is 108 Å². The summed E-state index contributed by atoms with van der Waals surface area (Å²) in [4.78, 5) is 63.4. The molecule has 0 aliphatic carbocycles. The lowest BCUT2D eigenvalue weighted by Gasteiger charge is -2.39. The predicted octanol–water partition coefficient (Wildman–Crippen LogP) is 5.09. The first kappa shape index (κ1) is 38.5. The molecule has 2 saturated heterocycles. The SMILES string of the molecule is CCN(CC)c1ccc(N2C/C=C\CCC(=O)OC[C@H](c3ccccc3)NC(=O)[C@H]3[C@@H]4O[C@@]5(C=C4Br)[C@@H]3C(=O)N([C@@H](CO)Cc3ccccc3)[C@@H]5C2=O)cc1. The number of aliphatic hydroxyl groups excluding tert-OH is 1. The Morgan fingerprint density at radius 1 is 0.927 bits per heavy atom. The Hall–Kier alpha value is -4.78. The zero-order valence-corrected chi connectivity index (χ0v) is 32.6. The number of amides is 3. The monoisotopic (exact) mass is 810 g/mol. The van der Waals surface area contributed by atoms with Crippen molar-refractivity contribution in [1.82, 2.24) is 10.2 Å². The van der Waals surface area contributed by atoms with Crippen LogP contribution in [0.5, 0.6) is 0 Å². The summed E-state index contributed by atoms with van der Waals surface area (Å²) in [6, 6.07) is 23.7. The van der Waals surface area contributed by atoms with Gasteiger partial charge in [-0.15, -0.1) is 0 Å². The first-order chi connectivity index (χ1) is 26.7. The molecule has 2 N–H and O–H groups in total. The van der Waals surface area contributed by atoms with Crippen LogP contribution in [-0.2, 0) is 35.1 Å². The van der Waals surface area contributed by atoms with Gasteiger partial charge in [0.05, 0.1) is 30.5 Å². The lowest BCUT2D eigenvalue weighted by molar-refractivity contribution is -0.146. The first-order valence-electron chi connectivity index (χ1n) is 19.1. The van der Waals surface area contributed by atoms with Crippen LogP contribution >= 0.6 is 15.9 Å². The highest BCUT2D eigenvalue weighted by atomic mass is 79.9. The third-order valence-corrected chi connectivity index (χ3v) is 12.0. The van der Waals surface area contributed by atoms with Crippen molar-refractivity contribution >= 4 is 51.0 Å². The van der Waals surface area contributed by atoms with E-state index in [0.29, 0.717) is 16.6 Å². The largest absolute Gasteiger partial charge is 0.463 e. The van der Waals surface area contributed by atoms with Crippen LogP contribution < -0.4 is 15.1 Å². The van der Waals surface area contributed by atoms with Gasteiger partial charge in [-0.05, 0) is 68.2 Å². The summed E-state index contributed by atoms with van der Waals surface area (Å²) in [5.41, 5.74) is 1.71. The fourth-order valence-electron chi connectivity index (χ4n) is 8.59. The Bertz CT molecular complexity index is 1940. The maximum absolute atomic E-state index is 15.5. The molecule has 55 heavy (non-hydrogen) atoms. The van der Waals surface area contributed by atoms with Crippen LogP contribution in [0.1, 0.15) is 43.9 Å². The molecule has 0 radical (unpaired) electrons. The Morgan fingerprint density at radius 2 is 1.62 bits per heavy atom. The van der Waals surface area contributed by atoms with E-state index in [1.807, 2.05) is 97.1 Å². The van der Waals surface area contributed by atoms with E-state index in [0.717, 1.165) is 29.9 Å². The Kier molecular flexibility index (Phi) is 11.6. The fourth-order valence-corrected chi connectivity index (χ4v) is 9.33. The van der Waals surface area contributed by atoms with Gasteiger partial charge in [0, 0.05) is 41.9 Å². The lowest BCUT2D eigenvalue weighted by Crippen LogP contribution is -2.59. The van der Waals surface area contributed by atoms with Gasteiger partial charge in [0.25, 0.3) is 5.91 Å². The van der Waals surface area contributed by atoms with Gasteiger partial charge in [-0.3, -0.25) is 19.2 Å². The molecule has 12 heteroatoms. The summed E-state index contributed by atoms with van der Waals surface area (Å²) in [6.45, 7) is 5.41. The van der Waals surface area contributed by atoms with E-state index in [1.165, 1.54) is 4.90 Å². The number of fused-ring (bicyclic) bond motifs is 2. The summed E-state index contributed by atoms with van der Waals surface area (Å²) >= 11 is 3.65. The predicted molar refractivity (Wildman–Crippen MR) is 212 cm³/mol. The number of aliphatic hydroxyl groups is 1. The lowest BCUT2D eigenvalue weighted by atomic mass is 9.74. The van der Waals surface area contributed by atoms with Crippen molar-refractivity contribution < 1.29 is 33.8 Å². The van der Waals surface area contributed by atoms with Gasteiger partial charge in [0.1, 0.15) is 24.4 Å². The van der Waals surface area contributed by atoms with Crippen LogP contribution in [0, 0.1) is 11.8 Å². The number of allylic oxidation sites excluding steroid dienone is 1. The maximum atomic E-state index is 15.5. The van der Waals surface area contributed by atoms with E-state index in [1.54, 1.807) is 11.0 Å². The summed E-state index contributed by atoms with van der Waals surface area (Å²) in [7, 11) is 0. The zero-order valence-electron chi connectivity index (χ0n) is 31.1. The van der Waals surface area contributed by atoms with Crippen molar-refractivity contribution in [1.29, 1.82) is 0 Å². The number of esters is 1. The summed E-state index contributed by atoms with van der Waals surface area (Å²) in [5.74, 6) is -3.84. The minimum absolute atomic E-state index is 0.106. The number of hydrogen-bond donors (Lipinski definition) is 2. The van der Waals surface area contributed by atoms with Crippen molar-refractivity contribution in [2.24, 2.45) is 11.8 Å². The third-order valence-electron chi connectivity index (χ3n) is 11.3. The Labute approximate surface area is 330 Å². The smallest absolute Gasteiger partial charge is 0.306 e. The number of halogens is 1. The molecule has 11 nitrogen and oxygen atoms in total. The van der Waals surface area contributed by atoms with Crippen molar-refractivity contribution in [2.45, 2.75) is 62.9 Å². The van der Waals surface area contributed by atoms with Gasteiger partial charge in [-0.1, -0.05) is 88.7 Å². The number of nitrogens with one attached hydrogen (secondary N) is 1. The number of likely N-dealkylation sites (tertiary alicyclic amines) is 1. The highest BCUT2D eigenvalue weighted by molar-refractivity contribution is 9.11. The number of rotatable bonds is 9. The van der Waals surface area contributed by atoms with Crippen molar-refractivity contribution in [3.8, 4) is 0 Å². The average molecular weight is 812 g/mol. The van der Waals surface area contributed by atoms with Gasteiger partial charge in [-0.2, -0.15) is 0 Å². The second-order valence-electron chi connectivity index (χ2n) is 14.4. The first-order valence-corrected chi connectivity index (χ1v) is 19.8. The molecule has 4 heterocycles. The van der Waals surface area contributed by atoms with Gasteiger partial charge in [-0.25, -0.2) is 0 Å². The minimum Gasteiger partial charge on any atom is -0.463 e. The summed E-state index contributed by atoms with van der Waals surface area (Å²) in [6.07, 6.45) is 5.39. The van der Waals surface area contributed by atoms with Crippen LogP contribution in [-0.4, -0.2) is 90.3 Å². The van der Waals surface area contributed by atoms with Crippen LogP contribution in [0.25, 0.3) is 0 Å². The van der Waals surface area contributed by atoms with E-state index in [4.69, 9.17) is 9.47 Å². The number of nitrogens with zero attached hydrogens (tertiary/aromatic N) is 3. The number of hydrogen-bond acceptors (Lipinski definition) is 8. The third kappa shape index (κ3) is 7.35. The molecule has 4 aliphatic heterocycles. The van der Waals surface area contributed by atoms with Crippen LogP contribution in [0.4, 0.5) is 11.4 Å². The van der Waals surface area contributed by atoms with Gasteiger partial charge < -0.3 is 34.6 Å². The Morgan fingerprint density at radius 3 is 2.29 bits per heavy atom. The van der Waals surface area contributed by atoms with Crippen molar-refractivity contribution in [2.75, 3.05) is 42.6 Å². The molecule has 7 rings (SSSR count). The van der Waals surface area contributed by atoms with Crippen LogP contribution in [0.2, 0.25) is 0 Å². The van der Waals surface area contributed by atoms with E-state index in [9.17, 15) is 14.7 Å². The van der Waals surface area contributed by atoms with Gasteiger partial charge in [0.2, 0.25) is 11.8 Å². The van der Waals surface area contributed by atoms with Crippen molar-refractivity contribution in [3.05, 3.63) is 119 Å². The summed E-state index contributed by atoms with van der Waals surface area (Å²) < 4.78 is 13.0. The maximum Gasteiger partial charge on any atom is 0.306 e. The number of carbonyl (C=O) groups excluding carboxylic acids is 4. The molecule has 3 amide bonds. The van der Waals surface area contributed by atoms with E-state index < -0.39 is 72.0 Å². The molecule has 288 valence electrons. The minimum atomic E-state index is -1.52. The quantitative estimate of drug-likeness (QED) is 0.226.